The van der Waals surface area contributed by atoms with Crippen LogP contribution in [0.25, 0.3) is 0 Å². The van der Waals surface area contributed by atoms with Crippen LogP contribution in [0, 0.1) is 0 Å². The lowest BCUT2D eigenvalue weighted by atomic mass is 10.1. The highest BCUT2D eigenvalue weighted by molar-refractivity contribution is 9.10. The van der Waals surface area contributed by atoms with Gasteiger partial charge in [-0.25, -0.2) is 8.42 Å². The summed E-state index contributed by atoms with van der Waals surface area (Å²) in [6.45, 7) is 0.00819. The molecule has 8 nitrogen and oxygen atoms in total. The van der Waals surface area contributed by atoms with Gasteiger partial charge in [-0.3, -0.25) is 9.59 Å². The molecule has 31 heavy (non-hydrogen) atoms. The van der Waals surface area contributed by atoms with E-state index in [1.165, 1.54) is 42.6 Å². The maximum Gasteiger partial charge on any atom is 0.255 e. The highest BCUT2D eigenvalue weighted by Crippen LogP contribution is 2.33. The van der Waals surface area contributed by atoms with Crippen molar-refractivity contribution in [2.45, 2.75) is 17.2 Å². The van der Waals surface area contributed by atoms with Crippen molar-refractivity contribution in [1.82, 2.24) is 10.3 Å². The Morgan fingerprint density at radius 2 is 1.87 bits per heavy atom. The molecule has 1 aromatic heterocycles. The Kier molecular flexibility index (Phi) is 6.73. The lowest BCUT2D eigenvalue weighted by molar-refractivity contribution is 0.0948. The Bertz CT molecular complexity index is 1320. The summed E-state index contributed by atoms with van der Waals surface area (Å²) >= 11 is 9.20. The Balaban J connectivity index is 1.89. The number of phenolic OH excluding ortho intramolecular Hbond substituents is 2. The van der Waals surface area contributed by atoms with Gasteiger partial charge in [-0.15, -0.1) is 0 Å². The van der Waals surface area contributed by atoms with Gasteiger partial charge in [-0.2, -0.15) is 0 Å². The molecule has 0 spiro atoms. The average Bonchev–Trinajstić information content (AvgIpc) is 2.70. The molecule has 0 radical (unpaired) electrons. The van der Waals surface area contributed by atoms with E-state index < -0.39 is 33.0 Å². The van der Waals surface area contributed by atoms with E-state index in [4.69, 9.17) is 11.6 Å². The zero-order valence-corrected chi connectivity index (χ0v) is 18.9. The molecule has 0 aliphatic heterocycles. The SMILES string of the molecule is O=C(NCc1cc[nH]c(=O)c1)c1cc(Cl)cc(CS(=O)(=O)c2cc(Br)ccc2O)c1O. The van der Waals surface area contributed by atoms with Gasteiger partial charge in [0.15, 0.2) is 9.84 Å². The van der Waals surface area contributed by atoms with Crippen LogP contribution in [-0.2, 0) is 22.1 Å². The third-order valence-electron chi connectivity index (χ3n) is 4.29. The number of halogens is 2. The molecule has 0 unspecified atom stereocenters. The van der Waals surface area contributed by atoms with E-state index in [-0.39, 0.29) is 33.1 Å². The lowest BCUT2D eigenvalue weighted by Gasteiger charge is -2.13. The van der Waals surface area contributed by atoms with Crippen LogP contribution in [0.15, 0.2) is 62.8 Å². The number of aromatic nitrogens is 1. The average molecular weight is 528 g/mol. The molecule has 0 aliphatic rings. The van der Waals surface area contributed by atoms with Gasteiger partial charge >= 0.3 is 0 Å². The van der Waals surface area contributed by atoms with E-state index in [9.17, 15) is 28.2 Å². The number of H-pyrrole nitrogens is 1. The number of hydrogen-bond donors (Lipinski definition) is 4. The van der Waals surface area contributed by atoms with Crippen LogP contribution in [0.2, 0.25) is 5.02 Å². The number of rotatable bonds is 6. The molecule has 2 aromatic carbocycles. The molecular weight excluding hydrogens is 512 g/mol. The van der Waals surface area contributed by atoms with Gasteiger partial charge in [-0.1, -0.05) is 27.5 Å². The van der Waals surface area contributed by atoms with Crippen molar-refractivity contribution < 1.29 is 23.4 Å². The van der Waals surface area contributed by atoms with Crippen LogP contribution in [-0.4, -0.2) is 29.5 Å². The molecule has 11 heteroatoms. The number of carbonyl (C=O) groups is 1. The minimum atomic E-state index is -4.08. The Labute approximate surface area is 190 Å². The van der Waals surface area contributed by atoms with Gasteiger partial charge in [0.2, 0.25) is 5.56 Å². The Morgan fingerprint density at radius 1 is 1.13 bits per heavy atom. The number of carbonyl (C=O) groups excluding carboxylic acids is 1. The molecule has 3 aromatic rings. The zero-order chi connectivity index (χ0) is 22.8. The van der Waals surface area contributed by atoms with Crippen LogP contribution in [0.5, 0.6) is 11.5 Å². The van der Waals surface area contributed by atoms with Crippen LogP contribution in [0.4, 0.5) is 0 Å². The van der Waals surface area contributed by atoms with Crippen LogP contribution in [0.3, 0.4) is 0 Å². The molecule has 1 heterocycles. The fourth-order valence-electron chi connectivity index (χ4n) is 2.83. The molecule has 4 N–H and O–H groups in total. The number of phenols is 2. The fraction of sp³-hybridized carbons (Fsp3) is 0.100. The smallest absolute Gasteiger partial charge is 0.255 e. The van der Waals surface area contributed by atoms with Crippen molar-refractivity contribution >= 4 is 43.3 Å². The first kappa shape index (κ1) is 22.9. The van der Waals surface area contributed by atoms with Crippen LogP contribution >= 0.6 is 27.5 Å². The number of benzene rings is 2. The summed E-state index contributed by atoms with van der Waals surface area (Å²) < 4.78 is 26.0. The van der Waals surface area contributed by atoms with E-state index in [1.807, 2.05) is 0 Å². The van der Waals surface area contributed by atoms with Crippen molar-refractivity contribution in [3.63, 3.8) is 0 Å². The fourth-order valence-corrected chi connectivity index (χ4v) is 5.07. The van der Waals surface area contributed by atoms with Crippen LogP contribution < -0.4 is 10.9 Å². The molecule has 0 atom stereocenters. The van der Waals surface area contributed by atoms with E-state index in [2.05, 4.69) is 26.2 Å². The lowest BCUT2D eigenvalue weighted by Crippen LogP contribution is -2.24. The summed E-state index contributed by atoms with van der Waals surface area (Å²) in [5.41, 5.74) is -0.124. The number of amides is 1. The summed E-state index contributed by atoms with van der Waals surface area (Å²) in [5, 5.41) is 23.1. The van der Waals surface area contributed by atoms with Gasteiger partial charge in [0, 0.05) is 33.9 Å². The maximum absolute atomic E-state index is 12.8. The molecule has 0 aliphatic carbocycles. The third kappa shape index (κ3) is 5.46. The first-order chi connectivity index (χ1) is 14.6. The van der Waals surface area contributed by atoms with Gasteiger partial charge in [0.1, 0.15) is 16.4 Å². The van der Waals surface area contributed by atoms with Gasteiger partial charge in [0.25, 0.3) is 5.91 Å². The molecule has 0 fully saturated rings. The second-order valence-electron chi connectivity index (χ2n) is 6.58. The minimum Gasteiger partial charge on any atom is -0.507 e. The second-order valence-corrected chi connectivity index (χ2v) is 9.89. The predicted octanol–water partition coefficient (Wildman–Crippen LogP) is 3.11. The number of hydrogen-bond acceptors (Lipinski definition) is 6. The van der Waals surface area contributed by atoms with Gasteiger partial charge in [0.05, 0.1) is 11.3 Å². The van der Waals surface area contributed by atoms with E-state index in [0.29, 0.717) is 10.0 Å². The van der Waals surface area contributed by atoms with Crippen molar-refractivity contribution in [3.05, 3.63) is 85.2 Å². The summed E-state index contributed by atoms with van der Waals surface area (Å²) in [7, 11) is -4.08. The molecule has 3 rings (SSSR count). The third-order valence-corrected chi connectivity index (χ3v) is 6.69. The van der Waals surface area contributed by atoms with E-state index >= 15 is 0 Å². The summed E-state index contributed by atoms with van der Waals surface area (Å²) in [4.78, 5) is 26.0. The standard InChI is InChI=1S/C20H16BrClN2O6S/c21-13-1-2-16(25)17(7-13)31(29,30)10-12-6-14(22)8-15(19(12)27)20(28)24-9-11-3-4-23-18(26)5-11/h1-8,25,27H,9-10H2,(H,23,26)(H,24,28). The normalized spacial score (nSPS) is 11.3. The minimum absolute atomic E-state index is 0.00819. The first-order valence-corrected chi connectivity index (χ1v) is 11.6. The highest BCUT2D eigenvalue weighted by atomic mass is 79.9. The van der Waals surface area contributed by atoms with E-state index in [0.717, 1.165) is 0 Å². The van der Waals surface area contributed by atoms with E-state index in [1.54, 1.807) is 6.07 Å². The number of pyridine rings is 1. The zero-order valence-electron chi connectivity index (χ0n) is 15.7. The number of sulfone groups is 1. The molecule has 0 saturated carbocycles. The van der Waals surface area contributed by atoms with Gasteiger partial charge < -0.3 is 20.5 Å². The predicted molar refractivity (Wildman–Crippen MR) is 118 cm³/mol. The number of aromatic amines is 1. The largest absolute Gasteiger partial charge is 0.507 e. The molecule has 162 valence electrons. The Hall–Kier alpha value is -2.82. The topological polar surface area (TPSA) is 137 Å². The van der Waals surface area contributed by atoms with Crippen molar-refractivity contribution in [1.29, 1.82) is 0 Å². The quantitative estimate of drug-likeness (QED) is 0.389. The van der Waals surface area contributed by atoms with Crippen molar-refractivity contribution in [2.24, 2.45) is 0 Å². The summed E-state index contributed by atoms with van der Waals surface area (Å²) in [6, 6.07) is 9.29. The maximum atomic E-state index is 12.8. The molecule has 0 bridgehead atoms. The van der Waals surface area contributed by atoms with Gasteiger partial charge in [-0.05, 0) is 42.0 Å². The summed E-state index contributed by atoms with van der Waals surface area (Å²) in [6.07, 6.45) is 1.43. The summed E-state index contributed by atoms with van der Waals surface area (Å²) in [5.74, 6) is -2.40. The molecule has 0 saturated heterocycles. The number of aromatic hydroxyl groups is 2. The molecule has 1 amide bonds. The highest BCUT2D eigenvalue weighted by Gasteiger charge is 2.24. The second kappa shape index (κ2) is 9.13. The Morgan fingerprint density at radius 3 is 2.58 bits per heavy atom. The first-order valence-electron chi connectivity index (χ1n) is 8.75. The number of nitrogens with one attached hydrogen (secondary N) is 2. The molecular formula is C20H16BrClN2O6S. The van der Waals surface area contributed by atoms with Crippen molar-refractivity contribution in [3.8, 4) is 11.5 Å². The monoisotopic (exact) mass is 526 g/mol. The van der Waals surface area contributed by atoms with Crippen LogP contribution in [0.1, 0.15) is 21.5 Å². The van der Waals surface area contributed by atoms with Crippen molar-refractivity contribution in [2.75, 3.05) is 0 Å².